The fraction of sp³-hybridized carbons (Fsp3) is 0.692. The number of nitrogens with zero attached hydrogens (tertiary/aromatic N) is 3. The van der Waals surface area contributed by atoms with Crippen molar-refractivity contribution in [1.29, 1.82) is 0 Å². The van der Waals surface area contributed by atoms with E-state index in [0.717, 1.165) is 50.6 Å². The van der Waals surface area contributed by atoms with Gasteiger partial charge in [-0.15, -0.1) is 0 Å². The lowest BCUT2D eigenvalue weighted by molar-refractivity contribution is 0.0820. The van der Waals surface area contributed by atoms with Crippen LogP contribution in [-0.2, 0) is 11.2 Å². The fourth-order valence-electron chi connectivity index (χ4n) is 2.15. The van der Waals surface area contributed by atoms with Gasteiger partial charge in [-0.05, 0) is 19.8 Å². The standard InChI is InChI=1S/C13H20ClN3O/c1-3-5-12-15-11(14)8-13(16-12)17-6-4-7-18-10(2)9-17/h8,10H,3-7,9H2,1-2H3. The first-order chi connectivity index (χ1) is 8.69. The molecule has 2 rings (SSSR count). The molecule has 4 nitrogen and oxygen atoms in total. The SMILES string of the molecule is CCCc1nc(Cl)cc(N2CCCOC(C)C2)n1. The number of hydrogen-bond acceptors (Lipinski definition) is 4. The molecule has 1 aliphatic heterocycles. The summed E-state index contributed by atoms with van der Waals surface area (Å²) in [6, 6.07) is 1.85. The molecule has 0 N–H and O–H groups in total. The van der Waals surface area contributed by atoms with Gasteiger partial charge in [0.15, 0.2) is 0 Å². The van der Waals surface area contributed by atoms with Crippen LogP contribution in [0.3, 0.4) is 0 Å². The smallest absolute Gasteiger partial charge is 0.134 e. The third kappa shape index (κ3) is 3.56. The van der Waals surface area contributed by atoms with E-state index >= 15 is 0 Å². The molecule has 100 valence electrons. The molecule has 2 heterocycles. The second-order valence-electron chi connectivity index (χ2n) is 4.70. The van der Waals surface area contributed by atoms with Gasteiger partial charge in [-0.2, -0.15) is 0 Å². The number of aromatic nitrogens is 2. The third-order valence-corrected chi connectivity index (χ3v) is 3.17. The Morgan fingerprint density at radius 1 is 1.50 bits per heavy atom. The van der Waals surface area contributed by atoms with Crippen LogP contribution < -0.4 is 4.90 Å². The monoisotopic (exact) mass is 269 g/mol. The van der Waals surface area contributed by atoms with Crippen molar-refractivity contribution in [3.8, 4) is 0 Å². The van der Waals surface area contributed by atoms with Crippen molar-refractivity contribution in [2.24, 2.45) is 0 Å². The first-order valence-corrected chi connectivity index (χ1v) is 6.97. The summed E-state index contributed by atoms with van der Waals surface area (Å²) in [5.41, 5.74) is 0. The van der Waals surface area contributed by atoms with Gasteiger partial charge < -0.3 is 9.64 Å². The lowest BCUT2D eigenvalue weighted by Gasteiger charge is -2.23. The summed E-state index contributed by atoms with van der Waals surface area (Å²) in [7, 11) is 0. The Balaban J connectivity index is 2.19. The molecule has 0 amide bonds. The molecule has 0 spiro atoms. The molecule has 0 aliphatic carbocycles. The van der Waals surface area contributed by atoms with Crippen LogP contribution in [0.25, 0.3) is 0 Å². The minimum Gasteiger partial charge on any atom is -0.377 e. The van der Waals surface area contributed by atoms with Crippen LogP contribution in [0.15, 0.2) is 6.07 Å². The molecule has 1 aromatic heterocycles. The Labute approximate surface area is 113 Å². The Kier molecular flexibility index (Phi) is 4.78. The number of hydrogen-bond donors (Lipinski definition) is 0. The van der Waals surface area contributed by atoms with Crippen molar-refractivity contribution in [3.05, 3.63) is 17.0 Å². The highest BCUT2D eigenvalue weighted by atomic mass is 35.5. The second kappa shape index (κ2) is 6.34. The van der Waals surface area contributed by atoms with E-state index in [1.54, 1.807) is 0 Å². The topological polar surface area (TPSA) is 38.2 Å². The third-order valence-electron chi connectivity index (χ3n) is 2.98. The van der Waals surface area contributed by atoms with E-state index in [1.165, 1.54) is 0 Å². The highest BCUT2D eigenvalue weighted by molar-refractivity contribution is 6.29. The molecule has 1 unspecified atom stereocenters. The van der Waals surface area contributed by atoms with Gasteiger partial charge in [0.2, 0.25) is 0 Å². The number of halogens is 1. The average molecular weight is 270 g/mol. The van der Waals surface area contributed by atoms with E-state index in [-0.39, 0.29) is 6.10 Å². The maximum absolute atomic E-state index is 6.07. The van der Waals surface area contributed by atoms with Gasteiger partial charge in [0.1, 0.15) is 16.8 Å². The quantitative estimate of drug-likeness (QED) is 0.791. The number of anilines is 1. The van der Waals surface area contributed by atoms with E-state index in [9.17, 15) is 0 Å². The Morgan fingerprint density at radius 2 is 2.33 bits per heavy atom. The molecule has 1 aliphatic rings. The van der Waals surface area contributed by atoms with Crippen LogP contribution in [0.1, 0.15) is 32.5 Å². The van der Waals surface area contributed by atoms with E-state index in [4.69, 9.17) is 16.3 Å². The molecule has 1 atom stereocenters. The minimum atomic E-state index is 0.232. The zero-order chi connectivity index (χ0) is 13.0. The lowest BCUT2D eigenvalue weighted by atomic mass is 10.3. The van der Waals surface area contributed by atoms with Crippen molar-refractivity contribution in [1.82, 2.24) is 9.97 Å². The summed E-state index contributed by atoms with van der Waals surface area (Å²) in [5.74, 6) is 1.76. The van der Waals surface area contributed by atoms with Crippen molar-refractivity contribution in [3.63, 3.8) is 0 Å². The van der Waals surface area contributed by atoms with Crippen LogP contribution in [0.5, 0.6) is 0 Å². The summed E-state index contributed by atoms with van der Waals surface area (Å²) in [5, 5.41) is 0.529. The van der Waals surface area contributed by atoms with Crippen molar-refractivity contribution in [2.45, 2.75) is 39.2 Å². The molecule has 18 heavy (non-hydrogen) atoms. The number of aryl methyl sites for hydroxylation is 1. The summed E-state index contributed by atoms with van der Waals surface area (Å²) < 4.78 is 5.64. The van der Waals surface area contributed by atoms with Gasteiger partial charge >= 0.3 is 0 Å². The summed E-state index contributed by atoms with van der Waals surface area (Å²) in [4.78, 5) is 11.1. The Hall–Kier alpha value is -0.870. The maximum atomic E-state index is 6.07. The number of ether oxygens (including phenoxy) is 1. The molecule has 0 saturated carbocycles. The van der Waals surface area contributed by atoms with Crippen LogP contribution in [0.4, 0.5) is 5.82 Å². The first kappa shape index (κ1) is 13.6. The van der Waals surface area contributed by atoms with E-state index in [0.29, 0.717) is 5.15 Å². The Bertz CT molecular complexity index is 400. The largest absolute Gasteiger partial charge is 0.377 e. The fourth-order valence-corrected chi connectivity index (χ4v) is 2.35. The Morgan fingerprint density at radius 3 is 3.11 bits per heavy atom. The van der Waals surface area contributed by atoms with E-state index in [1.807, 2.05) is 6.07 Å². The first-order valence-electron chi connectivity index (χ1n) is 6.59. The van der Waals surface area contributed by atoms with Gasteiger partial charge in [-0.1, -0.05) is 18.5 Å². The molecule has 0 aromatic carbocycles. The highest BCUT2D eigenvalue weighted by Gasteiger charge is 2.17. The van der Waals surface area contributed by atoms with Gasteiger partial charge in [0, 0.05) is 32.2 Å². The minimum absolute atomic E-state index is 0.232. The maximum Gasteiger partial charge on any atom is 0.134 e. The zero-order valence-corrected chi connectivity index (χ0v) is 11.8. The predicted octanol–water partition coefficient (Wildman–Crippen LogP) is 2.70. The molecule has 1 saturated heterocycles. The van der Waals surface area contributed by atoms with Crippen LogP contribution in [-0.4, -0.2) is 35.8 Å². The van der Waals surface area contributed by atoms with E-state index in [2.05, 4.69) is 28.7 Å². The van der Waals surface area contributed by atoms with Crippen LogP contribution in [0, 0.1) is 0 Å². The molecule has 5 heteroatoms. The molecule has 0 bridgehead atoms. The van der Waals surface area contributed by atoms with Gasteiger partial charge in [-0.25, -0.2) is 9.97 Å². The zero-order valence-electron chi connectivity index (χ0n) is 11.0. The summed E-state index contributed by atoms with van der Waals surface area (Å²) in [6.07, 6.45) is 3.15. The summed E-state index contributed by atoms with van der Waals surface area (Å²) >= 11 is 6.07. The normalized spacial score (nSPS) is 20.8. The molecular formula is C13H20ClN3O. The van der Waals surface area contributed by atoms with Crippen molar-refractivity contribution in [2.75, 3.05) is 24.6 Å². The van der Waals surface area contributed by atoms with Crippen molar-refractivity contribution >= 4 is 17.4 Å². The van der Waals surface area contributed by atoms with Gasteiger partial charge in [0.05, 0.1) is 6.10 Å². The summed E-state index contributed by atoms with van der Waals surface area (Å²) in [6.45, 7) is 6.85. The predicted molar refractivity (Wildman–Crippen MR) is 73.3 cm³/mol. The highest BCUT2D eigenvalue weighted by Crippen LogP contribution is 2.19. The molecule has 1 aromatic rings. The van der Waals surface area contributed by atoms with Crippen LogP contribution >= 0.6 is 11.6 Å². The molecule has 1 fully saturated rings. The molecule has 0 radical (unpaired) electrons. The number of rotatable bonds is 3. The van der Waals surface area contributed by atoms with Gasteiger partial charge in [0.25, 0.3) is 0 Å². The average Bonchev–Trinajstić information content (AvgIpc) is 2.53. The second-order valence-corrected chi connectivity index (χ2v) is 5.08. The molecular weight excluding hydrogens is 250 g/mol. The van der Waals surface area contributed by atoms with Crippen molar-refractivity contribution < 1.29 is 4.74 Å². The lowest BCUT2D eigenvalue weighted by Crippen LogP contribution is -2.31. The van der Waals surface area contributed by atoms with E-state index < -0.39 is 0 Å². The van der Waals surface area contributed by atoms with Gasteiger partial charge in [-0.3, -0.25) is 0 Å². The van der Waals surface area contributed by atoms with Crippen LogP contribution in [0.2, 0.25) is 5.15 Å².